The molecule has 4 rings (SSSR count). The molecule has 5 heteroatoms. The van der Waals surface area contributed by atoms with E-state index in [1.807, 2.05) is 0 Å². The van der Waals surface area contributed by atoms with Gasteiger partial charge in [0, 0.05) is 67.0 Å². The highest BCUT2D eigenvalue weighted by Crippen LogP contribution is 2.47. The third kappa shape index (κ3) is 7.61. The second-order valence-corrected chi connectivity index (χ2v) is 13.2. The van der Waals surface area contributed by atoms with E-state index in [-0.39, 0.29) is 23.3 Å². The Balaban J connectivity index is 1.38. The highest BCUT2D eigenvalue weighted by Gasteiger charge is 2.43. The van der Waals surface area contributed by atoms with Crippen LogP contribution in [0.1, 0.15) is 97.1 Å². The zero-order valence-corrected chi connectivity index (χ0v) is 27.7. The lowest BCUT2D eigenvalue weighted by Gasteiger charge is -2.25. The number of nitrogens with one attached hydrogen (secondary N) is 1. The van der Waals surface area contributed by atoms with Crippen molar-refractivity contribution in [3.05, 3.63) is 95.7 Å². The Hall–Kier alpha value is -3.44. The standard InChI is InChI=1S/C39H53N3O2/c1-6-41-33-23-16-14-21-31(33)38(2,3)35(41)25-11-9-12-26-36-39(4,5)32-22-15-17-24-34(32)42(36)29-19-10-13-27-37(44)40-28-18-7-8-20-30-43/h9,11-12,14-17,21-26,43H,6-8,10,13,18-20,27-30H2,1-5H3/p+1. The van der Waals surface area contributed by atoms with Crippen molar-refractivity contribution in [3.63, 3.8) is 0 Å². The summed E-state index contributed by atoms with van der Waals surface area (Å²) in [5.41, 5.74) is 7.92. The van der Waals surface area contributed by atoms with Crippen LogP contribution in [0.25, 0.3) is 0 Å². The van der Waals surface area contributed by atoms with Crippen LogP contribution in [0, 0.1) is 0 Å². The fourth-order valence-electron chi connectivity index (χ4n) is 6.86. The average Bonchev–Trinajstić information content (AvgIpc) is 3.37. The maximum Gasteiger partial charge on any atom is 0.219 e. The summed E-state index contributed by atoms with van der Waals surface area (Å²) in [6, 6.07) is 17.5. The lowest BCUT2D eigenvalue weighted by Crippen LogP contribution is -2.28. The SMILES string of the molecule is CCN1/C(=C/C=C/C=C/C2=[N+](CCCCCC(=O)NCCCCCCO)c3ccccc3C2(C)C)C(C)(C)c2ccccc21. The van der Waals surface area contributed by atoms with E-state index >= 15 is 0 Å². The first kappa shape index (κ1) is 33.5. The van der Waals surface area contributed by atoms with Crippen LogP contribution >= 0.6 is 0 Å². The molecular weight excluding hydrogens is 542 g/mol. The molecule has 0 saturated carbocycles. The minimum Gasteiger partial charge on any atom is -0.396 e. The van der Waals surface area contributed by atoms with Gasteiger partial charge in [0.25, 0.3) is 0 Å². The second-order valence-electron chi connectivity index (χ2n) is 13.2. The molecule has 2 aromatic carbocycles. The molecule has 0 saturated heterocycles. The van der Waals surface area contributed by atoms with Crippen molar-refractivity contribution < 1.29 is 14.5 Å². The number of carbonyl (C=O) groups is 1. The van der Waals surface area contributed by atoms with E-state index in [1.54, 1.807) is 0 Å². The van der Waals surface area contributed by atoms with Crippen LogP contribution in [0.15, 0.2) is 84.6 Å². The number of rotatable bonds is 16. The molecule has 2 heterocycles. The number of carbonyl (C=O) groups excluding carboxylic acids is 1. The lowest BCUT2D eigenvalue weighted by molar-refractivity contribution is -0.438. The van der Waals surface area contributed by atoms with Crippen molar-refractivity contribution in [1.29, 1.82) is 0 Å². The van der Waals surface area contributed by atoms with Gasteiger partial charge in [-0.2, -0.15) is 4.58 Å². The van der Waals surface area contributed by atoms with E-state index in [0.717, 1.165) is 64.6 Å². The van der Waals surface area contributed by atoms with Gasteiger partial charge in [-0.05, 0) is 64.2 Å². The first-order valence-corrected chi connectivity index (χ1v) is 16.8. The molecule has 0 atom stereocenters. The van der Waals surface area contributed by atoms with Gasteiger partial charge < -0.3 is 15.3 Å². The third-order valence-electron chi connectivity index (χ3n) is 9.34. The van der Waals surface area contributed by atoms with Gasteiger partial charge >= 0.3 is 0 Å². The molecule has 0 fully saturated rings. The van der Waals surface area contributed by atoms with Crippen molar-refractivity contribution in [3.8, 4) is 0 Å². The van der Waals surface area contributed by atoms with Crippen LogP contribution in [0.5, 0.6) is 0 Å². The fourth-order valence-corrected chi connectivity index (χ4v) is 6.86. The predicted octanol–water partition coefficient (Wildman–Crippen LogP) is 8.11. The first-order valence-electron chi connectivity index (χ1n) is 16.8. The monoisotopic (exact) mass is 596 g/mol. The van der Waals surface area contributed by atoms with Gasteiger partial charge in [0.2, 0.25) is 11.6 Å². The summed E-state index contributed by atoms with van der Waals surface area (Å²) >= 11 is 0. The van der Waals surface area contributed by atoms with E-state index in [0.29, 0.717) is 6.42 Å². The summed E-state index contributed by atoms with van der Waals surface area (Å²) < 4.78 is 2.49. The van der Waals surface area contributed by atoms with Gasteiger partial charge in [-0.25, -0.2) is 0 Å². The van der Waals surface area contributed by atoms with Crippen molar-refractivity contribution in [1.82, 2.24) is 5.32 Å². The number of nitrogens with zero attached hydrogens (tertiary/aromatic N) is 2. The quantitative estimate of drug-likeness (QED) is 0.117. The minimum absolute atomic E-state index is 0.0252. The van der Waals surface area contributed by atoms with E-state index in [9.17, 15) is 4.79 Å². The number of hydrogen-bond acceptors (Lipinski definition) is 3. The van der Waals surface area contributed by atoms with Crippen molar-refractivity contribution in [2.24, 2.45) is 0 Å². The van der Waals surface area contributed by atoms with Crippen molar-refractivity contribution in [2.75, 3.05) is 31.1 Å². The van der Waals surface area contributed by atoms with Crippen LogP contribution in [0.3, 0.4) is 0 Å². The Kier molecular flexibility index (Phi) is 11.8. The molecule has 2 N–H and O–H groups in total. The molecular formula is C39H54N3O2+. The van der Waals surface area contributed by atoms with E-state index in [2.05, 4.69) is 128 Å². The summed E-state index contributed by atoms with van der Waals surface area (Å²) in [6.45, 7) is 14.4. The number of aliphatic hydroxyl groups is 1. The Labute approximate surface area is 266 Å². The molecule has 1 amide bonds. The molecule has 0 aromatic heterocycles. The van der Waals surface area contributed by atoms with Gasteiger partial charge in [0.1, 0.15) is 6.54 Å². The van der Waals surface area contributed by atoms with E-state index in [4.69, 9.17) is 5.11 Å². The lowest BCUT2D eigenvalue weighted by atomic mass is 9.81. The molecule has 0 spiro atoms. The number of benzene rings is 2. The predicted molar refractivity (Wildman–Crippen MR) is 185 cm³/mol. The van der Waals surface area contributed by atoms with Gasteiger partial charge in [0.15, 0.2) is 5.71 Å². The summed E-state index contributed by atoms with van der Waals surface area (Å²) in [7, 11) is 0. The van der Waals surface area contributed by atoms with Gasteiger partial charge in [-0.3, -0.25) is 4.79 Å². The molecule has 236 valence electrons. The maximum atomic E-state index is 12.2. The third-order valence-corrected chi connectivity index (χ3v) is 9.34. The molecule has 44 heavy (non-hydrogen) atoms. The normalized spacial score (nSPS) is 17.7. The average molecular weight is 597 g/mol. The molecule has 5 nitrogen and oxygen atoms in total. The number of unbranched alkanes of at least 4 members (excludes halogenated alkanes) is 5. The van der Waals surface area contributed by atoms with Gasteiger partial charge in [-0.1, -0.05) is 81.3 Å². The zero-order chi connectivity index (χ0) is 31.6. The zero-order valence-electron chi connectivity index (χ0n) is 27.7. The summed E-state index contributed by atoms with van der Waals surface area (Å²) in [6.07, 6.45) is 18.6. The number of para-hydroxylation sites is 2. The highest BCUT2D eigenvalue weighted by molar-refractivity contribution is 6.03. The molecule has 2 aliphatic heterocycles. The smallest absolute Gasteiger partial charge is 0.219 e. The molecule has 2 aliphatic rings. The number of amides is 1. The summed E-state index contributed by atoms with van der Waals surface area (Å²) in [4.78, 5) is 14.7. The van der Waals surface area contributed by atoms with E-state index in [1.165, 1.54) is 33.9 Å². The first-order chi connectivity index (χ1) is 21.2. The van der Waals surface area contributed by atoms with Crippen LogP contribution in [-0.2, 0) is 15.6 Å². The Bertz CT molecular complexity index is 1400. The van der Waals surface area contributed by atoms with Gasteiger partial charge in [0.05, 0.1) is 5.41 Å². The molecule has 0 unspecified atom stereocenters. The summed E-state index contributed by atoms with van der Waals surface area (Å²) in [5, 5.41) is 11.9. The molecule has 2 aromatic rings. The Morgan fingerprint density at radius 2 is 1.55 bits per heavy atom. The second kappa shape index (κ2) is 15.5. The molecule has 0 aliphatic carbocycles. The maximum absolute atomic E-state index is 12.2. The van der Waals surface area contributed by atoms with Crippen LogP contribution in [-0.4, -0.2) is 47.5 Å². The van der Waals surface area contributed by atoms with Crippen molar-refractivity contribution >= 4 is 23.0 Å². The number of allylic oxidation sites excluding steroid dienone is 6. The number of anilines is 1. The topological polar surface area (TPSA) is 55.6 Å². The molecule has 0 bridgehead atoms. The minimum atomic E-state index is -0.0788. The van der Waals surface area contributed by atoms with E-state index < -0.39 is 0 Å². The van der Waals surface area contributed by atoms with Crippen LogP contribution in [0.4, 0.5) is 11.4 Å². The van der Waals surface area contributed by atoms with Crippen LogP contribution in [0.2, 0.25) is 0 Å². The number of fused-ring (bicyclic) bond motifs is 2. The van der Waals surface area contributed by atoms with Crippen molar-refractivity contribution in [2.45, 2.75) is 96.8 Å². The van der Waals surface area contributed by atoms with Crippen LogP contribution < -0.4 is 10.2 Å². The number of likely N-dealkylation sites (N-methyl/N-ethyl adjacent to an activating group) is 1. The Morgan fingerprint density at radius 1 is 0.841 bits per heavy atom. The van der Waals surface area contributed by atoms with Gasteiger partial charge in [-0.15, -0.1) is 0 Å². The fraction of sp³-hybridized carbons (Fsp3) is 0.487. The largest absolute Gasteiger partial charge is 0.396 e. The Morgan fingerprint density at radius 3 is 2.32 bits per heavy atom. The summed E-state index contributed by atoms with van der Waals surface area (Å²) in [5.74, 6) is 0.156. The molecule has 0 radical (unpaired) electrons. The highest BCUT2D eigenvalue weighted by atomic mass is 16.2. The number of aliphatic hydroxyl groups excluding tert-OH is 1. The number of hydrogen-bond donors (Lipinski definition) is 2.